The average molecular weight is 267 g/mol. The molecule has 0 aliphatic carbocycles. The predicted octanol–water partition coefficient (Wildman–Crippen LogP) is 1.35. The van der Waals surface area contributed by atoms with Gasteiger partial charge < -0.3 is 16.2 Å². The molecule has 5 nitrogen and oxygen atoms in total. The molecule has 0 unspecified atom stereocenters. The second-order valence-corrected chi connectivity index (χ2v) is 3.94. The van der Waals surface area contributed by atoms with E-state index < -0.39 is 0 Å². The van der Waals surface area contributed by atoms with E-state index in [-0.39, 0.29) is 18.2 Å². The van der Waals surface area contributed by atoms with Crippen LogP contribution in [0.25, 0.3) is 0 Å². The molecule has 0 saturated heterocycles. The van der Waals surface area contributed by atoms with Crippen molar-refractivity contribution in [3.8, 4) is 17.6 Å². The summed E-state index contributed by atoms with van der Waals surface area (Å²) in [7, 11) is 0. The fourth-order valence-corrected chi connectivity index (χ4v) is 1.57. The molecule has 20 heavy (non-hydrogen) atoms. The summed E-state index contributed by atoms with van der Waals surface area (Å²) in [4.78, 5) is 16.0. The molecule has 0 spiro atoms. The Hall–Kier alpha value is -2.84. The third-order valence-electron chi connectivity index (χ3n) is 2.44. The number of aromatic nitrogens is 1. The van der Waals surface area contributed by atoms with E-state index in [1.807, 2.05) is 0 Å². The second-order valence-electron chi connectivity index (χ2n) is 3.94. The monoisotopic (exact) mass is 267 g/mol. The topological polar surface area (TPSA) is 88.2 Å². The lowest BCUT2D eigenvalue weighted by Crippen LogP contribution is -2.12. The number of nitrogens with zero attached hydrogens (tertiary/aromatic N) is 1. The normalized spacial score (nSPS) is 9.45. The first-order valence-corrected chi connectivity index (χ1v) is 5.94. The molecule has 2 rings (SSSR count). The molecule has 0 aliphatic heterocycles. The van der Waals surface area contributed by atoms with Crippen LogP contribution in [0.5, 0.6) is 5.75 Å². The van der Waals surface area contributed by atoms with Gasteiger partial charge in [-0.25, -0.2) is 4.98 Å². The first-order chi connectivity index (χ1) is 9.69. The van der Waals surface area contributed by atoms with Gasteiger partial charge in [-0.3, -0.25) is 4.79 Å². The Kier molecular flexibility index (Phi) is 4.32. The summed E-state index contributed by atoms with van der Waals surface area (Å²) < 4.78 is 0. The van der Waals surface area contributed by atoms with Crippen molar-refractivity contribution in [2.75, 3.05) is 11.9 Å². The maximum atomic E-state index is 12.0. The molecule has 0 saturated carbocycles. The summed E-state index contributed by atoms with van der Waals surface area (Å²) in [5.41, 5.74) is 6.37. The van der Waals surface area contributed by atoms with Gasteiger partial charge in [0.25, 0.3) is 5.91 Å². The van der Waals surface area contributed by atoms with Crippen LogP contribution in [0.2, 0.25) is 0 Å². The van der Waals surface area contributed by atoms with E-state index in [1.54, 1.807) is 30.5 Å². The number of aromatic hydroxyl groups is 1. The van der Waals surface area contributed by atoms with Gasteiger partial charge in [-0.2, -0.15) is 0 Å². The Balaban J connectivity index is 2.15. The number of benzene rings is 1. The van der Waals surface area contributed by atoms with Crippen LogP contribution in [0, 0.1) is 11.8 Å². The van der Waals surface area contributed by atoms with E-state index >= 15 is 0 Å². The van der Waals surface area contributed by atoms with Crippen molar-refractivity contribution >= 4 is 11.7 Å². The largest absolute Gasteiger partial charge is 0.508 e. The molecular weight excluding hydrogens is 254 g/mol. The lowest BCUT2D eigenvalue weighted by molar-refractivity contribution is 0.102. The molecule has 2 aromatic rings. The Morgan fingerprint density at radius 2 is 2.20 bits per heavy atom. The van der Waals surface area contributed by atoms with Gasteiger partial charge in [0, 0.05) is 17.3 Å². The summed E-state index contributed by atoms with van der Waals surface area (Å²) in [6.45, 7) is 0.271. The first kappa shape index (κ1) is 13.6. The summed E-state index contributed by atoms with van der Waals surface area (Å²) in [6, 6.07) is 9.47. The smallest absolute Gasteiger partial charge is 0.256 e. The molecule has 5 heteroatoms. The molecule has 1 heterocycles. The Morgan fingerprint density at radius 3 is 2.95 bits per heavy atom. The number of rotatable bonds is 2. The Morgan fingerprint density at radius 1 is 1.35 bits per heavy atom. The number of carbonyl (C=O) groups excluding carboxylic acids is 1. The minimum Gasteiger partial charge on any atom is -0.508 e. The molecule has 0 radical (unpaired) electrons. The van der Waals surface area contributed by atoms with Crippen LogP contribution in [0.15, 0.2) is 42.6 Å². The Bertz CT molecular complexity index is 687. The molecular formula is C15H13N3O2. The molecule has 0 bridgehead atoms. The number of hydrogen-bond donors (Lipinski definition) is 3. The molecule has 4 N–H and O–H groups in total. The number of phenols is 1. The van der Waals surface area contributed by atoms with Crippen molar-refractivity contribution in [3.63, 3.8) is 0 Å². The maximum absolute atomic E-state index is 12.0. The molecule has 0 fully saturated rings. The molecule has 1 aromatic carbocycles. The van der Waals surface area contributed by atoms with Crippen LogP contribution in [0.3, 0.4) is 0 Å². The van der Waals surface area contributed by atoms with Gasteiger partial charge in [-0.15, -0.1) is 0 Å². The Labute approximate surface area is 116 Å². The van der Waals surface area contributed by atoms with Crippen LogP contribution in [-0.4, -0.2) is 22.5 Å². The maximum Gasteiger partial charge on any atom is 0.256 e. The zero-order valence-electron chi connectivity index (χ0n) is 10.6. The van der Waals surface area contributed by atoms with Crippen LogP contribution < -0.4 is 11.1 Å². The van der Waals surface area contributed by atoms with E-state index in [4.69, 9.17) is 5.73 Å². The molecule has 0 atom stereocenters. The van der Waals surface area contributed by atoms with Crippen LogP contribution >= 0.6 is 0 Å². The van der Waals surface area contributed by atoms with E-state index in [2.05, 4.69) is 22.1 Å². The van der Waals surface area contributed by atoms with Crippen molar-refractivity contribution < 1.29 is 9.90 Å². The van der Waals surface area contributed by atoms with Gasteiger partial charge in [0.1, 0.15) is 11.6 Å². The van der Waals surface area contributed by atoms with Crippen LogP contribution in [0.1, 0.15) is 15.9 Å². The molecule has 0 aliphatic rings. The van der Waals surface area contributed by atoms with Crippen molar-refractivity contribution in [2.45, 2.75) is 0 Å². The van der Waals surface area contributed by atoms with Crippen LogP contribution in [-0.2, 0) is 0 Å². The van der Waals surface area contributed by atoms with Gasteiger partial charge in [0.15, 0.2) is 0 Å². The molecule has 100 valence electrons. The molecule has 1 amide bonds. The van der Waals surface area contributed by atoms with Crippen molar-refractivity contribution in [2.24, 2.45) is 5.73 Å². The zero-order chi connectivity index (χ0) is 14.4. The van der Waals surface area contributed by atoms with Gasteiger partial charge >= 0.3 is 0 Å². The van der Waals surface area contributed by atoms with Gasteiger partial charge in [-0.05, 0) is 30.3 Å². The van der Waals surface area contributed by atoms with Gasteiger partial charge in [-0.1, -0.05) is 17.9 Å². The highest BCUT2D eigenvalue weighted by Gasteiger charge is 2.07. The lowest BCUT2D eigenvalue weighted by Gasteiger charge is -2.05. The second kappa shape index (κ2) is 6.36. The lowest BCUT2D eigenvalue weighted by atomic mass is 10.2. The highest BCUT2D eigenvalue weighted by Crippen LogP contribution is 2.13. The van der Waals surface area contributed by atoms with Crippen molar-refractivity contribution in [1.29, 1.82) is 0 Å². The fraction of sp³-hybridized carbons (Fsp3) is 0.0667. The van der Waals surface area contributed by atoms with Crippen molar-refractivity contribution in [3.05, 3.63) is 53.7 Å². The number of phenolic OH excluding ortho intramolecular Hbond substituents is 1. The van der Waals surface area contributed by atoms with Gasteiger partial charge in [0.05, 0.1) is 6.54 Å². The summed E-state index contributed by atoms with van der Waals surface area (Å²) in [5.74, 6) is 5.67. The van der Waals surface area contributed by atoms with Crippen molar-refractivity contribution in [1.82, 2.24) is 4.98 Å². The number of anilines is 1. The van der Waals surface area contributed by atoms with Crippen LogP contribution in [0.4, 0.5) is 5.82 Å². The van der Waals surface area contributed by atoms with E-state index in [9.17, 15) is 9.90 Å². The highest BCUT2D eigenvalue weighted by atomic mass is 16.3. The first-order valence-electron chi connectivity index (χ1n) is 5.94. The minimum absolute atomic E-state index is 0.0353. The summed E-state index contributed by atoms with van der Waals surface area (Å²) in [6.07, 6.45) is 1.55. The number of pyridine rings is 1. The summed E-state index contributed by atoms with van der Waals surface area (Å²) in [5, 5.41) is 12.0. The fourth-order valence-electron chi connectivity index (χ4n) is 1.57. The quantitative estimate of drug-likeness (QED) is 0.717. The third kappa shape index (κ3) is 3.57. The predicted molar refractivity (Wildman–Crippen MR) is 76.2 cm³/mol. The number of hydrogen-bond acceptors (Lipinski definition) is 4. The minimum atomic E-state index is -0.350. The number of carbonyl (C=O) groups is 1. The number of amides is 1. The van der Waals surface area contributed by atoms with E-state index in [1.165, 1.54) is 12.1 Å². The third-order valence-corrected chi connectivity index (χ3v) is 2.44. The highest BCUT2D eigenvalue weighted by molar-refractivity contribution is 6.04. The molecule has 1 aromatic heterocycles. The standard InChI is InChI=1S/C15H13N3O2/c16-7-2-3-11-6-8-17-14(9-11)18-15(20)12-4-1-5-13(19)10-12/h1,4-6,8-10,19H,7,16H2,(H,17,18,20). The SMILES string of the molecule is NCC#Cc1ccnc(NC(=O)c2cccc(O)c2)c1. The zero-order valence-corrected chi connectivity index (χ0v) is 10.6. The van der Waals surface area contributed by atoms with E-state index in [0.29, 0.717) is 11.4 Å². The summed E-state index contributed by atoms with van der Waals surface area (Å²) >= 11 is 0. The van der Waals surface area contributed by atoms with Gasteiger partial charge in [0.2, 0.25) is 0 Å². The average Bonchev–Trinajstić information content (AvgIpc) is 2.45. The number of nitrogens with one attached hydrogen (secondary N) is 1. The number of nitrogens with two attached hydrogens (primary N) is 1. The van der Waals surface area contributed by atoms with E-state index in [0.717, 1.165) is 5.56 Å².